The van der Waals surface area contributed by atoms with Crippen LogP contribution < -0.4 is 10.4 Å². The normalized spacial score (nSPS) is 10.7. The van der Waals surface area contributed by atoms with Gasteiger partial charge in [0.25, 0.3) is 0 Å². The molecule has 5 nitrogen and oxygen atoms in total. The smallest absolute Gasteiger partial charge is 0.348 e. The van der Waals surface area contributed by atoms with Crippen molar-refractivity contribution in [2.24, 2.45) is 0 Å². The summed E-state index contributed by atoms with van der Waals surface area (Å²) in [5.74, 6) is 0.0906. The molecule has 3 aromatic rings. The van der Waals surface area contributed by atoms with Crippen molar-refractivity contribution in [3.63, 3.8) is 0 Å². The first kappa shape index (κ1) is 14.3. The third kappa shape index (κ3) is 2.48. The van der Waals surface area contributed by atoms with Crippen molar-refractivity contribution < 1.29 is 9.13 Å². The minimum absolute atomic E-state index is 0.0583. The summed E-state index contributed by atoms with van der Waals surface area (Å²) >= 11 is 5.99. The molecule has 0 aliphatic heterocycles. The van der Waals surface area contributed by atoms with E-state index in [-0.39, 0.29) is 16.4 Å². The van der Waals surface area contributed by atoms with E-state index in [4.69, 9.17) is 16.3 Å². The third-order valence-corrected chi connectivity index (χ3v) is 3.43. The molecular weight excluding hydrogens is 309 g/mol. The SMILES string of the molecule is COc1cccc(-n2nc(-c3c(F)cccc3Cl)[nH]c2=O)c1. The fourth-order valence-corrected chi connectivity index (χ4v) is 2.33. The number of hydrogen-bond donors (Lipinski definition) is 1. The summed E-state index contributed by atoms with van der Waals surface area (Å²) < 4.78 is 20.2. The Morgan fingerprint density at radius 1 is 1.27 bits per heavy atom. The highest BCUT2D eigenvalue weighted by molar-refractivity contribution is 6.33. The van der Waals surface area contributed by atoms with E-state index >= 15 is 0 Å². The number of aromatic nitrogens is 3. The summed E-state index contributed by atoms with van der Waals surface area (Å²) in [6.45, 7) is 0. The second-order valence-electron chi connectivity index (χ2n) is 4.49. The summed E-state index contributed by atoms with van der Waals surface area (Å²) in [6.07, 6.45) is 0. The van der Waals surface area contributed by atoms with Crippen molar-refractivity contribution >= 4 is 11.6 Å². The van der Waals surface area contributed by atoms with Crippen molar-refractivity contribution in [1.82, 2.24) is 14.8 Å². The molecule has 0 fully saturated rings. The van der Waals surface area contributed by atoms with Crippen LogP contribution in [0.25, 0.3) is 17.1 Å². The Labute approximate surface area is 129 Å². The van der Waals surface area contributed by atoms with Gasteiger partial charge in [0, 0.05) is 6.07 Å². The lowest BCUT2D eigenvalue weighted by Gasteiger charge is -2.03. The Hall–Kier alpha value is -2.60. The number of methoxy groups -OCH3 is 1. The van der Waals surface area contributed by atoms with Gasteiger partial charge in [-0.1, -0.05) is 23.7 Å². The third-order valence-electron chi connectivity index (χ3n) is 3.12. The molecule has 112 valence electrons. The molecule has 0 bridgehead atoms. The van der Waals surface area contributed by atoms with Gasteiger partial charge in [-0.3, -0.25) is 4.98 Å². The van der Waals surface area contributed by atoms with E-state index in [1.807, 2.05) is 0 Å². The molecule has 1 aromatic heterocycles. The molecule has 0 amide bonds. The Kier molecular flexibility index (Phi) is 3.68. The van der Waals surface area contributed by atoms with Gasteiger partial charge in [-0.05, 0) is 24.3 Å². The Balaban J connectivity index is 2.14. The molecule has 0 aliphatic rings. The second kappa shape index (κ2) is 5.65. The number of nitrogens with one attached hydrogen (secondary N) is 1. The van der Waals surface area contributed by atoms with E-state index in [1.54, 1.807) is 24.3 Å². The first-order valence-electron chi connectivity index (χ1n) is 6.38. The zero-order valence-electron chi connectivity index (χ0n) is 11.5. The first-order chi connectivity index (χ1) is 10.6. The van der Waals surface area contributed by atoms with Crippen LogP contribution in [0.1, 0.15) is 0 Å². The van der Waals surface area contributed by atoms with Crippen LogP contribution >= 0.6 is 11.6 Å². The molecule has 0 spiro atoms. The van der Waals surface area contributed by atoms with Crippen LogP contribution in [0.4, 0.5) is 4.39 Å². The van der Waals surface area contributed by atoms with Crippen LogP contribution in [0.5, 0.6) is 5.75 Å². The summed E-state index contributed by atoms with van der Waals surface area (Å²) in [5, 5.41) is 4.29. The molecule has 0 unspecified atom stereocenters. The number of ether oxygens (including phenoxy) is 1. The van der Waals surface area contributed by atoms with Gasteiger partial charge < -0.3 is 4.74 Å². The Bertz CT molecular complexity index is 868. The molecule has 7 heteroatoms. The van der Waals surface area contributed by atoms with Gasteiger partial charge >= 0.3 is 5.69 Å². The minimum atomic E-state index is -0.556. The predicted octanol–water partition coefficient (Wildman–Crippen LogP) is 3.03. The molecule has 3 rings (SSSR count). The van der Waals surface area contributed by atoms with Crippen molar-refractivity contribution in [2.45, 2.75) is 0 Å². The largest absolute Gasteiger partial charge is 0.497 e. The lowest BCUT2D eigenvalue weighted by molar-refractivity contribution is 0.414. The summed E-state index contributed by atoms with van der Waals surface area (Å²) in [4.78, 5) is 14.6. The quantitative estimate of drug-likeness (QED) is 0.807. The molecule has 0 saturated carbocycles. The maximum atomic E-state index is 13.9. The van der Waals surface area contributed by atoms with Crippen LogP contribution in [-0.4, -0.2) is 21.9 Å². The van der Waals surface area contributed by atoms with Gasteiger partial charge in [0.15, 0.2) is 5.82 Å². The number of hydrogen-bond acceptors (Lipinski definition) is 3. The van der Waals surface area contributed by atoms with E-state index in [2.05, 4.69) is 10.1 Å². The van der Waals surface area contributed by atoms with Gasteiger partial charge in [0.2, 0.25) is 0 Å². The van der Waals surface area contributed by atoms with E-state index in [1.165, 1.54) is 25.3 Å². The van der Waals surface area contributed by atoms with Crippen LogP contribution in [0, 0.1) is 5.82 Å². The molecule has 0 saturated heterocycles. The summed E-state index contributed by atoms with van der Waals surface area (Å²) in [5.41, 5.74) is 0.0600. The van der Waals surface area contributed by atoms with Crippen LogP contribution in [0.2, 0.25) is 5.02 Å². The zero-order valence-corrected chi connectivity index (χ0v) is 12.3. The summed E-state index contributed by atoms with van der Waals surface area (Å²) in [7, 11) is 1.52. The van der Waals surface area contributed by atoms with E-state index in [0.717, 1.165) is 4.68 Å². The fourth-order valence-electron chi connectivity index (χ4n) is 2.08. The van der Waals surface area contributed by atoms with Crippen molar-refractivity contribution in [2.75, 3.05) is 7.11 Å². The molecule has 1 N–H and O–H groups in total. The molecule has 22 heavy (non-hydrogen) atoms. The van der Waals surface area contributed by atoms with Gasteiger partial charge in [0.05, 0.1) is 23.4 Å². The van der Waals surface area contributed by atoms with Crippen molar-refractivity contribution in [3.05, 3.63) is 63.8 Å². The van der Waals surface area contributed by atoms with E-state index < -0.39 is 11.5 Å². The number of benzene rings is 2. The molecule has 1 heterocycles. The number of H-pyrrole nitrogens is 1. The molecule has 0 radical (unpaired) electrons. The number of halogens is 2. The van der Waals surface area contributed by atoms with Crippen LogP contribution in [-0.2, 0) is 0 Å². The maximum absolute atomic E-state index is 13.9. The number of nitrogens with zero attached hydrogens (tertiary/aromatic N) is 2. The lowest BCUT2D eigenvalue weighted by atomic mass is 10.2. The monoisotopic (exact) mass is 319 g/mol. The predicted molar refractivity (Wildman–Crippen MR) is 81.1 cm³/mol. The topological polar surface area (TPSA) is 59.9 Å². The Morgan fingerprint density at radius 3 is 2.77 bits per heavy atom. The highest BCUT2D eigenvalue weighted by Crippen LogP contribution is 2.27. The molecular formula is C15H11ClFN3O2. The highest BCUT2D eigenvalue weighted by atomic mass is 35.5. The average molecular weight is 320 g/mol. The standard InChI is InChI=1S/C15H11ClFN3O2/c1-22-10-5-2-4-9(8-10)20-15(21)18-14(19-20)13-11(16)6-3-7-12(13)17/h2-8H,1H3,(H,18,19,21). The van der Waals surface area contributed by atoms with Crippen LogP contribution in [0.3, 0.4) is 0 Å². The van der Waals surface area contributed by atoms with Gasteiger partial charge in [0.1, 0.15) is 11.6 Å². The first-order valence-corrected chi connectivity index (χ1v) is 6.76. The molecule has 0 aliphatic carbocycles. The zero-order chi connectivity index (χ0) is 15.7. The minimum Gasteiger partial charge on any atom is -0.497 e. The second-order valence-corrected chi connectivity index (χ2v) is 4.90. The lowest BCUT2D eigenvalue weighted by Crippen LogP contribution is -2.15. The average Bonchev–Trinajstić information content (AvgIpc) is 2.89. The van der Waals surface area contributed by atoms with Crippen molar-refractivity contribution in [1.29, 1.82) is 0 Å². The van der Waals surface area contributed by atoms with Gasteiger partial charge in [-0.25, -0.2) is 9.18 Å². The summed E-state index contributed by atoms with van der Waals surface area (Å²) in [6, 6.07) is 11.1. The molecule has 2 aromatic carbocycles. The Morgan fingerprint density at radius 2 is 2.05 bits per heavy atom. The fraction of sp³-hybridized carbons (Fsp3) is 0.0667. The van der Waals surface area contributed by atoms with E-state index in [9.17, 15) is 9.18 Å². The molecule has 0 atom stereocenters. The number of rotatable bonds is 3. The number of aromatic amines is 1. The van der Waals surface area contributed by atoms with Gasteiger partial charge in [-0.2, -0.15) is 4.68 Å². The maximum Gasteiger partial charge on any atom is 0.348 e. The van der Waals surface area contributed by atoms with E-state index in [0.29, 0.717) is 11.4 Å². The van der Waals surface area contributed by atoms with Crippen molar-refractivity contribution in [3.8, 4) is 22.8 Å². The van der Waals surface area contributed by atoms with Gasteiger partial charge in [-0.15, -0.1) is 5.10 Å². The highest BCUT2D eigenvalue weighted by Gasteiger charge is 2.16. The van der Waals surface area contributed by atoms with Crippen LogP contribution in [0.15, 0.2) is 47.3 Å².